The lowest BCUT2D eigenvalue weighted by molar-refractivity contribution is 0.0297. The van der Waals surface area contributed by atoms with E-state index < -0.39 is 12.1 Å². The van der Waals surface area contributed by atoms with E-state index >= 15 is 0 Å². The maximum atomic E-state index is 12.3. The number of aromatic amines is 1. The molecule has 1 aliphatic heterocycles. The quantitative estimate of drug-likeness (QED) is 0.524. The van der Waals surface area contributed by atoms with E-state index in [1.165, 1.54) is 0 Å². The smallest absolute Gasteiger partial charge is 0.354 e. The van der Waals surface area contributed by atoms with Gasteiger partial charge in [0.1, 0.15) is 5.69 Å². The van der Waals surface area contributed by atoms with Gasteiger partial charge in [0.05, 0.1) is 42.2 Å². The van der Waals surface area contributed by atoms with Crippen LogP contribution in [0.15, 0.2) is 18.2 Å². The predicted octanol–water partition coefficient (Wildman–Crippen LogP) is 3.46. The van der Waals surface area contributed by atoms with Crippen LogP contribution >= 0.6 is 11.6 Å². The molecule has 9 heteroatoms. The molecule has 172 valence electrons. The topological polar surface area (TPSA) is 92.6 Å². The minimum Gasteiger partial charge on any atom is -0.461 e. The van der Waals surface area contributed by atoms with E-state index in [0.29, 0.717) is 29.4 Å². The molecule has 8 nitrogen and oxygen atoms in total. The van der Waals surface area contributed by atoms with Gasteiger partial charge in [-0.05, 0) is 32.4 Å². The van der Waals surface area contributed by atoms with E-state index in [4.69, 9.17) is 21.1 Å². The second kappa shape index (κ2) is 9.62. The number of aliphatic hydroxyl groups is 1. The number of carbonyl (C=O) groups excluding carboxylic acids is 1. The van der Waals surface area contributed by atoms with Crippen LogP contribution in [0.3, 0.4) is 0 Å². The number of aryl methyl sites for hydroxylation is 1. The van der Waals surface area contributed by atoms with Crippen molar-refractivity contribution in [3.63, 3.8) is 0 Å². The third-order valence-electron chi connectivity index (χ3n) is 5.99. The maximum Gasteiger partial charge on any atom is 0.354 e. The first kappa shape index (κ1) is 22.8. The number of fused-ring (bicyclic) bond motifs is 1. The summed E-state index contributed by atoms with van der Waals surface area (Å²) in [6, 6.07) is 5.42. The molecule has 0 saturated carbocycles. The molecule has 0 spiro atoms. The zero-order chi connectivity index (χ0) is 22.8. The number of hydrogen-bond donors (Lipinski definition) is 2. The average molecular weight is 461 g/mol. The minimum absolute atomic E-state index is 0.295. The molecule has 1 fully saturated rings. The number of nitrogens with zero attached hydrogens (tertiary/aromatic N) is 3. The molecular formula is C23H29ClN4O4. The van der Waals surface area contributed by atoms with Crippen molar-refractivity contribution in [2.75, 3.05) is 39.5 Å². The molecule has 3 aromatic rings. The van der Waals surface area contributed by atoms with E-state index in [2.05, 4.69) is 15.0 Å². The Bertz CT molecular complexity index is 1120. The molecule has 3 heterocycles. The van der Waals surface area contributed by atoms with E-state index in [0.717, 1.165) is 60.6 Å². The summed E-state index contributed by atoms with van der Waals surface area (Å²) in [6.45, 7) is 7.94. The van der Waals surface area contributed by atoms with Crippen molar-refractivity contribution in [2.45, 2.75) is 26.4 Å². The number of esters is 1. The molecule has 32 heavy (non-hydrogen) atoms. The average Bonchev–Trinajstić information content (AvgIpc) is 3.35. The lowest BCUT2D eigenvalue weighted by Crippen LogP contribution is -2.37. The van der Waals surface area contributed by atoms with Crippen LogP contribution in [0.5, 0.6) is 0 Å². The molecule has 2 N–H and O–H groups in total. The van der Waals surface area contributed by atoms with Crippen molar-refractivity contribution >= 4 is 28.5 Å². The van der Waals surface area contributed by atoms with Gasteiger partial charge in [-0.15, -0.1) is 0 Å². The summed E-state index contributed by atoms with van der Waals surface area (Å²) in [4.78, 5) is 17.7. The number of nitrogens with one attached hydrogen (secondary N) is 1. The number of aromatic nitrogens is 3. The Balaban J connectivity index is 1.73. The highest BCUT2D eigenvalue weighted by Crippen LogP contribution is 2.40. The number of rotatable bonds is 7. The van der Waals surface area contributed by atoms with Gasteiger partial charge in [0.25, 0.3) is 0 Å². The number of ether oxygens (including phenoxy) is 2. The normalized spacial score (nSPS) is 15.9. The van der Waals surface area contributed by atoms with E-state index in [9.17, 15) is 9.90 Å². The number of benzene rings is 1. The molecular weight excluding hydrogens is 432 g/mol. The van der Waals surface area contributed by atoms with E-state index in [1.54, 1.807) is 23.7 Å². The highest BCUT2D eigenvalue weighted by molar-refractivity contribution is 6.35. The third-order valence-corrected chi connectivity index (χ3v) is 6.31. The fourth-order valence-electron chi connectivity index (χ4n) is 4.18. The number of carbonyl (C=O) groups is 1. The van der Waals surface area contributed by atoms with Gasteiger partial charge in [-0.3, -0.25) is 9.58 Å². The van der Waals surface area contributed by atoms with Crippen LogP contribution < -0.4 is 0 Å². The largest absolute Gasteiger partial charge is 0.461 e. The molecule has 0 radical (unpaired) electrons. The molecule has 4 rings (SSSR count). The van der Waals surface area contributed by atoms with Crippen molar-refractivity contribution in [2.24, 2.45) is 7.05 Å². The SMILES string of the molecule is CCOC(=O)c1cc2ccc(Cl)c(-c3c(C(O)CCN4CCOCC4)nn(C)c3C)c2[nH]1. The first-order chi connectivity index (χ1) is 15.4. The highest BCUT2D eigenvalue weighted by atomic mass is 35.5. The Hall–Kier alpha value is -2.39. The number of morpholine rings is 1. The first-order valence-electron chi connectivity index (χ1n) is 10.9. The minimum atomic E-state index is -0.751. The van der Waals surface area contributed by atoms with Gasteiger partial charge in [0.2, 0.25) is 0 Å². The lowest BCUT2D eigenvalue weighted by Gasteiger charge is -2.27. The number of aliphatic hydroxyl groups excluding tert-OH is 1. The predicted molar refractivity (Wildman–Crippen MR) is 123 cm³/mol. The van der Waals surface area contributed by atoms with Crippen molar-refractivity contribution in [1.82, 2.24) is 19.7 Å². The molecule has 1 atom stereocenters. The van der Waals surface area contributed by atoms with Gasteiger partial charge >= 0.3 is 5.97 Å². The van der Waals surface area contributed by atoms with Crippen molar-refractivity contribution < 1.29 is 19.4 Å². The molecule has 1 saturated heterocycles. The fourth-order valence-corrected chi connectivity index (χ4v) is 4.43. The molecule has 1 aliphatic rings. The summed E-state index contributed by atoms with van der Waals surface area (Å²) in [5, 5.41) is 17.1. The maximum absolute atomic E-state index is 12.3. The second-order valence-corrected chi connectivity index (χ2v) is 8.43. The van der Waals surface area contributed by atoms with Gasteiger partial charge in [0.15, 0.2) is 0 Å². The fraction of sp³-hybridized carbons (Fsp3) is 0.478. The summed E-state index contributed by atoms with van der Waals surface area (Å²) in [5.41, 5.74) is 4.06. The summed E-state index contributed by atoms with van der Waals surface area (Å²) >= 11 is 6.67. The molecule has 0 bridgehead atoms. The molecule has 0 amide bonds. The van der Waals surface area contributed by atoms with E-state index in [-0.39, 0.29) is 0 Å². The Morgan fingerprint density at radius 1 is 1.34 bits per heavy atom. The summed E-state index contributed by atoms with van der Waals surface area (Å²) < 4.78 is 12.3. The Labute approximate surface area is 192 Å². The van der Waals surface area contributed by atoms with Gasteiger partial charge in [-0.1, -0.05) is 17.7 Å². The third kappa shape index (κ3) is 4.41. The lowest BCUT2D eigenvalue weighted by atomic mass is 9.97. The zero-order valence-electron chi connectivity index (χ0n) is 18.7. The Morgan fingerprint density at radius 2 is 2.09 bits per heavy atom. The summed E-state index contributed by atoms with van der Waals surface area (Å²) in [6.07, 6.45) is -0.200. The van der Waals surface area contributed by atoms with Crippen LogP contribution in [0, 0.1) is 6.92 Å². The zero-order valence-corrected chi connectivity index (χ0v) is 19.4. The standard InChI is InChI=1S/C23H29ClN4O4/c1-4-32-23(30)17-13-15-5-6-16(24)20(21(15)25-17)19-14(2)27(3)26-22(19)18(29)7-8-28-9-11-31-12-10-28/h5-6,13,18,25,29H,4,7-12H2,1-3H3. The van der Waals surface area contributed by atoms with Crippen molar-refractivity contribution in [3.8, 4) is 11.1 Å². The molecule has 2 aromatic heterocycles. The molecule has 1 unspecified atom stereocenters. The van der Waals surface area contributed by atoms with Crippen LogP contribution in [-0.2, 0) is 16.5 Å². The van der Waals surface area contributed by atoms with Crippen molar-refractivity contribution in [3.05, 3.63) is 40.3 Å². The summed E-state index contributed by atoms with van der Waals surface area (Å²) in [7, 11) is 1.85. The Kier molecular flexibility index (Phi) is 6.85. The Morgan fingerprint density at radius 3 is 2.81 bits per heavy atom. The second-order valence-electron chi connectivity index (χ2n) is 8.02. The van der Waals surface area contributed by atoms with Gasteiger partial charge in [-0.2, -0.15) is 5.10 Å². The monoisotopic (exact) mass is 460 g/mol. The molecule has 1 aromatic carbocycles. The first-order valence-corrected chi connectivity index (χ1v) is 11.3. The van der Waals surface area contributed by atoms with Gasteiger partial charge in [0, 0.05) is 48.9 Å². The van der Waals surface area contributed by atoms with Crippen molar-refractivity contribution in [1.29, 1.82) is 0 Å². The van der Waals surface area contributed by atoms with Crippen LogP contribution in [0.2, 0.25) is 5.02 Å². The molecule has 0 aliphatic carbocycles. The van der Waals surface area contributed by atoms with E-state index in [1.807, 2.05) is 20.0 Å². The number of hydrogen-bond acceptors (Lipinski definition) is 6. The van der Waals surface area contributed by atoms with Gasteiger partial charge < -0.3 is 19.6 Å². The van der Waals surface area contributed by atoms with Gasteiger partial charge in [-0.25, -0.2) is 4.79 Å². The van der Waals surface area contributed by atoms with Crippen LogP contribution in [-0.4, -0.2) is 70.2 Å². The summed E-state index contributed by atoms with van der Waals surface area (Å²) in [5.74, 6) is -0.417. The van der Waals surface area contributed by atoms with Crippen LogP contribution in [0.25, 0.3) is 22.0 Å². The van der Waals surface area contributed by atoms with Crippen LogP contribution in [0.1, 0.15) is 41.3 Å². The van der Waals surface area contributed by atoms with Crippen LogP contribution in [0.4, 0.5) is 0 Å². The highest BCUT2D eigenvalue weighted by Gasteiger charge is 2.26. The number of H-pyrrole nitrogens is 1. The number of halogens is 1.